The fraction of sp³-hybridized carbons (Fsp3) is 0.667. The van der Waals surface area contributed by atoms with Crippen molar-refractivity contribution in [1.82, 2.24) is 20.5 Å². The number of H-pyrrole nitrogens is 1. The number of aliphatic carboxylic acids is 1. The van der Waals surface area contributed by atoms with E-state index in [4.69, 9.17) is 0 Å². The van der Waals surface area contributed by atoms with Crippen LogP contribution in [0.1, 0.15) is 48.5 Å². The third-order valence-corrected chi connectivity index (χ3v) is 3.47. The lowest BCUT2D eigenvalue weighted by Crippen LogP contribution is -2.46. The van der Waals surface area contributed by atoms with Crippen molar-refractivity contribution in [2.45, 2.75) is 45.1 Å². The van der Waals surface area contributed by atoms with E-state index >= 15 is 0 Å². The summed E-state index contributed by atoms with van der Waals surface area (Å²) in [6, 6.07) is -0.855. The van der Waals surface area contributed by atoms with Gasteiger partial charge in [0.05, 0.1) is 0 Å². The molecule has 0 aromatic carbocycles. The van der Waals surface area contributed by atoms with Gasteiger partial charge in [0.1, 0.15) is 11.9 Å². The Hall–Kier alpha value is -1.92. The molecule has 0 aliphatic heterocycles. The SMILES string of the molecule is Cc1nc(C(=O)NC(C(=O)O)C2CCCCC2)n[nH]1. The molecule has 1 aromatic heterocycles. The number of carboxylic acid groups (broad SMARTS) is 1. The van der Waals surface area contributed by atoms with Crippen molar-refractivity contribution in [3.8, 4) is 0 Å². The van der Waals surface area contributed by atoms with Crippen LogP contribution in [0.4, 0.5) is 0 Å². The molecule has 1 fully saturated rings. The Morgan fingerprint density at radius 3 is 2.58 bits per heavy atom. The quantitative estimate of drug-likeness (QED) is 0.749. The summed E-state index contributed by atoms with van der Waals surface area (Å²) in [4.78, 5) is 27.1. The molecule has 0 saturated heterocycles. The third kappa shape index (κ3) is 3.30. The largest absolute Gasteiger partial charge is 0.480 e. The lowest BCUT2D eigenvalue weighted by atomic mass is 9.84. The molecular formula is C12H18N4O3. The number of nitrogens with one attached hydrogen (secondary N) is 2. The Balaban J connectivity index is 2.04. The molecule has 1 saturated carbocycles. The Morgan fingerprint density at radius 2 is 2.05 bits per heavy atom. The molecule has 1 aromatic rings. The highest BCUT2D eigenvalue weighted by atomic mass is 16.4. The molecule has 7 nitrogen and oxygen atoms in total. The molecule has 1 aliphatic rings. The summed E-state index contributed by atoms with van der Waals surface area (Å²) in [6.07, 6.45) is 4.85. The minimum Gasteiger partial charge on any atom is -0.480 e. The average Bonchev–Trinajstić information content (AvgIpc) is 2.83. The summed E-state index contributed by atoms with van der Waals surface area (Å²) in [7, 11) is 0. The smallest absolute Gasteiger partial charge is 0.326 e. The summed E-state index contributed by atoms with van der Waals surface area (Å²) in [6.45, 7) is 1.68. The molecule has 0 radical (unpaired) electrons. The van der Waals surface area contributed by atoms with Crippen LogP contribution < -0.4 is 5.32 Å². The van der Waals surface area contributed by atoms with E-state index in [1.165, 1.54) is 0 Å². The average molecular weight is 266 g/mol. The molecule has 1 heterocycles. The van der Waals surface area contributed by atoms with Crippen molar-refractivity contribution in [3.63, 3.8) is 0 Å². The highest BCUT2D eigenvalue weighted by molar-refractivity contribution is 5.93. The van der Waals surface area contributed by atoms with Crippen molar-refractivity contribution in [1.29, 1.82) is 0 Å². The maximum atomic E-state index is 11.9. The molecular weight excluding hydrogens is 248 g/mol. The normalized spacial score (nSPS) is 17.9. The topological polar surface area (TPSA) is 108 Å². The van der Waals surface area contributed by atoms with Crippen molar-refractivity contribution in [2.24, 2.45) is 5.92 Å². The number of amides is 1. The molecule has 104 valence electrons. The number of aryl methyl sites for hydroxylation is 1. The maximum absolute atomic E-state index is 11.9. The monoisotopic (exact) mass is 266 g/mol. The second kappa shape index (κ2) is 5.81. The number of hydrogen-bond acceptors (Lipinski definition) is 4. The summed E-state index contributed by atoms with van der Waals surface area (Å²) in [5.41, 5.74) is 0. The fourth-order valence-electron chi connectivity index (χ4n) is 2.50. The first-order chi connectivity index (χ1) is 9.08. The van der Waals surface area contributed by atoms with E-state index in [0.29, 0.717) is 5.82 Å². The minimum absolute atomic E-state index is 0.00441. The minimum atomic E-state index is -0.993. The highest BCUT2D eigenvalue weighted by Crippen LogP contribution is 2.26. The van der Waals surface area contributed by atoms with E-state index in [2.05, 4.69) is 20.5 Å². The number of carbonyl (C=O) groups excluding carboxylic acids is 1. The third-order valence-electron chi connectivity index (χ3n) is 3.47. The molecule has 19 heavy (non-hydrogen) atoms. The first-order valence-corrected chi connectivity index (χ1v) is 6.50. The molecule has 2 rings (SSSR count). The van der Waals surface area contributed by atoms with Gasteiger partial charge in [0.15, 0.2) is 0 Å². The number of carbonyl (C=O) groups is 2. The lowest BCUT2D eigenvalue weighted by molar-refractivity contribution is -0.141. The van der Waals surface area contributed by atoms with E-state index in [1.54, 1.807) is 6.92 Å². The van der Waals surface area contributed by atoms with Gasteiger partial charge in [0.2, 0.25) is 5.82 Å². The number of aromatic amines is 1. The fourth-order valence-corrected chi connectivity index (χ4v) is 2.50. The second-order valence-electron chi connectivity index (χ2n) is 4.93. The Morgan fingerprint density at radius 1 is 1.37 bits per heavy atom. The van der Waals surface area contributed by atoms with Gasteiger partial charge in [-0.15, -0.1) is 5.10 Å². The van der Waals surface area contributed by atoms with Crippen LogP contribution in [-0.4, -0.2) is 38.2 Å². The molecule has 0 bridgehead atoms. The number of rotatable bonds is 4. The van der Waals surface area contributed by atoms with Gasteiger partial charge >= 0.3 is 5.97 Å². The van der Waals surface area contributed by atoms with Crippen LogP contribution in [0.2, 0.25) is 0 Å². The molecule has 0 spiro atoms. The first kappa shape index (κ1) is 13.5. The number of nitrogens with zero attached hydrogens (tertiary/aromatic N) is 2. The van der Waals surface area contributed by atoms with Crippen molar-refractivity contribution in [2.75, 3.05) is 0 Å². The van der Waals surface area contributed by atoms with Gasteiger partial charge in [-0.2, -0.15) is 0 Å². The summed E-state index contributed by atoms with van der Waals surface area (Å²) in [5, 5.41) is 18.1. The van der Waals surface area contributed by atoms with Crippen LogP contribution in [-0.2, 0) is 4.79 Å². The summed E-state index contributed by atoms with van der Waals surface area (Å²) >= 11 is 0. The first-order valence-electron chi connectivity index (χ1n) is 6.50. The van der Waals surface area contributed by atoms with Gasteiger partial charge in [0.25, 0.3) is 5.91 Å². The lowest BCUT2D eigenvalue weighted by Gasteiger charge is -2.27. The van der Waals surface area contributed by atoms with Crippen LogP contribution in [0.15, 0.2) is 0 Å². The second-order valence-corrected chi connectivity index (χ2v) is 4.93. The van der Waals surface area contributed by atoms with Crippen LogP contribution in [0.5, 0.6) is 0 Å². The van der Waals surface area contributed by atoms with Crippen LogP contribution >= 0.6 is 0 Å². The summed E-state index contributed by atoms with van der Waals surface area (Å²) in [5.74, 6) is -1.03. The van der Waals surface area contributed by atoms with Gasteiger partial charge in [-0.05, 0) is 25.7 Å². The molecule has 7 heteroatoms. The van der Waals surface area contributed by atoms with Crippen molar-refractivity contribution < 1.29 is 14.7 Å². The van der Waals surface area contributed by atoms with Gasteiger partial charge in [-0.1, -0.05) is 19.3 Å². The Kier molecular flexibility index (Phi) is 4.13. The predicted octanol–water partition coefficient (Wildman–Crippen LogP) is 0.876. The molecule has 1 unspecified atom stereocenters. The van der Waals surface area contributed by atoms with E-state index in [1.807, 2.05) is 0 Å². The zero-order chi connectivity index (χ0) is 13.8. The van der Waals surface area contributed by atoms with Crippen LogP contribution in [0.3, 0.4) is 0 Å². The summed E-state index contributed by atoms with van der Waals surface area (Å²) < 4.78 is 0. The van der Waals surface area contributed by atoms with Gasteiger partial charge in [-0.25, -0.2) is 9.78 Å². The van der Waals surface area contributed by atoms with Gasteiger partial charge < -0.3 is 10.4 Å². The molecule has 1 atom stereocenters. The highest BCUT2D eigenvalue weighted by Gasteiger charge is 2.31. The number of hydrogen-bond donors (Lipinski definition) is 3. The van der Waals surface area contributed by atoms with Crippen LogP contribution in [0, 0.1) is 12.8 Å². The van der Waals surface area contributed by atoms with E-state index < -0.39 is 17.9 Å². The van der Waals surface area contributed by atoms with Crippen molar-refractivity contribution >= 4 is 11.9 Å². The molecule has 3 N–H and O–H groups in total. The number of carboxylic acids is 1. The van der Waals surface area contributed by atoms with E-state index in [9.17, 15) is 14.7 Å². The standard InChI is InChI=1S/C12H18N4O3/c1-7-13-10(16-15-7)11(17)14-9(12(18)19)8-5-3-2-4-6-8/h8-9H,2-6H2,1H3,(H,14,17)(H,18,19)(H,13,15,16). The van der Waals surface area contributed by atoms with E-state index in [-0.39, 0.29) is 11.7 Å². The van der Waals surface area contributed by atoms with Crippen molar-refractivity contribution in [3.05, 3.63) is 11.6 Å². The van der Waals surface area contributed by atoms with Crippen LogP contribution in [0.25, 0.3) is 0 Å². The van der Waals surface area contributed by atoms with E-state index in [0.717, 1.165) is 32.1 Å². The molecule has 1 amide bonds. The van der Waals surface area contributed by atoms with Gasteiger partial charge in [0, 0.05) is 0 Å². The zero-order valence-corrected chi connectivity index (χ0v) is 10.8. The number of aromatic nitrogens is 3. The predicted molar refractivity (Wildman–Crippen MR) is 66.6 cm³/mol. The molecule has 1 aliphatic carbocycles. The van der Waals surface area contributed by atoms with Gasteiger partial charge in [-0.3, -0.25) is 9.89 Å². The Labute approximate surface area is 110 Å². The Bertz CT molecular complexity index is 465. The zero-order valence-electron chi connectivity index (χ0n) is 10.8. The maximum Gasteiger partial charge on any atom is 0.326 e.